The first-order valence-corrected chi connectivity index (χ1v) is 7.63. The van der Waals surface area contributed by atoms with Gasteiger partial charge in [-0.25, -0.2) is 0 Å². The molecule has 0 bridgehead atoms. The summed E-state index contributed by atoms with van der Waals surface area (Å²) >= 11 is 5.97. The molecule has 124 valence electrons. The number of rotatable bonds is 5. The molecule has 1 saturated heterocycles. The van der Waals surface area contributed by atoms with Gasteiger partial charge in [0.1, 0.15) is 5.75 Å². The van der Waals surface area contributed by atoms with Gasteiger partial charge in [0.25, 0.3) is 0 Å². The van der Waals surface area contributed by atoms with Crippen LogP contribution < -0.4 is 10.1 Å². The van der Waals surface area contributed by atoms with Crippen LogP contribution in [0, 0.1) is 0 Å². The Morgan fingerprint density at radius 3 is 2.59 bits per heavy atom. The van der Waals surface area contributed by atoms with E-state index in [0.717, 1.165) is 13.1 Å². The molecule has 3 nitrogen and oxygen atoms in total. The van der Waals surface area contributed by atoms with Gasteiger partial charge < -0.3 is 15.2 Å². The Hall–Kier alpha value is -0.980. The molecule has 1 fully saturated rings. The van der Waals surface area contributed by atoms with Gasteiger partial charge in [-0.1, -0.05) is 23.7 Å². The van der Waals surface area contributed by atoms with Crippen molar-refractivity contribution >= 4 is 11.6 Å². The predicted octanol–water partition coefficient (Wildman–Crippen LogP) is 3.68. The number of benzene rings is 1. The normalized spacial score (nSPS) is 18.2. The molecule has 1 aliphatic heterocycles. The summed E-state index contributed by atoms with van der Waals surface area (Å²) in [4.78, 5) is 0. The minimum Gasteiger partial charge on any atom is -0.404 e. The molecule has 0 spiro atoms. The molecule has 2 N–H and O–H groups in total. The molecule has 0 aliphatic carbocycles. The second-order valence-electron chi connectivity index (χ2n) is 5.60. The minimum atomic E-state index is -4.76. The Bertz CT molecular complexity index is 502. The average Bonchev–Trinajstić information content (AvgIpc) is 2.42. The van der Waals surface area contributed by atoms with E-state index in [2.05, 4.69) is 10.1 Å². The third kappa shape index (κ3) is 5.04. The molecule has 1 aromatic carbocycles. The van der Waals surface area contributed by atoms with Crippen molar-refractivity contribution in [2.24, 2.45) is 0 Å². The Morgan fingerprint density at radius 1 is 1.27 bits per heavy atom. The molecule has 2 rings (SSSR count). The number of aliphatic hydroxyl groups is 1. The number of alkyl halides is 3. The van der Waals surface area contributed by atoms with E-state index >= 15 is 0 Å². The lowest BCUT2D eigenvalue weighted by molar-refractivity contribution is -0.274. The second-order valence-corrected chi connectivity index (χ2v) is 5.98. The molecule has 1 aromatic rings. The van der Waals surface area contributed by atoms with E-state index in [4.69, 9.17) is 11.6 Å². The number of hydrogen-bond donors (Lipinski definition) is 2. The summed E-state index contributed by atoms with van der Waals surface area (Å²) < 4.78 is 40.7. The van der Waals surface area contributed by atoms with Crippen molar-refractivity contribution in [1.29, 1.82) is 0 Å². The van der Waals surface area contributed by atoms with Crippen LogP contribution in [0.5, 0.6) is 5.75 Å². The standard InChI is InChI=1S/C15H19ClF3NO2/c16-13-11(3-1-5-12(13)22-15(17,18)19)4-2-6-14(21)7-9-20-10-8-14/h1,3,5,20-21H,2,4,6-10H2. The topological polar surface area (TPSA) is 41.5 Å². The first-order chi connectivity index (χ1) is 10.3. The zero-order valence-corrected chi connectivity index (χ0v) is 12.8. The van der Waals surface area contributed by atoms with Crippen molar-refractivity contribution in [2.75, 3.05) is 13.1 Å². The lowest BCUT2D eigenvalue weighted by Crippen LogP contribution is -2.41. The van der Waals surface area contributed by atoms with Crippen LogP contribution in [0.2, 0.25) is 5.02 Å². The molecular weight excluding hydrogens is 319 g/mol. The maximum atomic E-state index is 12.3. The highest BCUT2D eigenvalue weighted by Gasteiger charge is 2.32. The molecule has 0 aromatic heterocycles. The van der Waals surface area contributed by atoms with E-state index in [1.807, 2.05) is 0 Å². The zero-order valence-electron chi connectivity index (χ0n) is 12.0. The van der Waals surface area contributed by atoms with Gasteiger partial charge in [-0.05, 0) is 56.8 Å². The lowest BCUT2D eigenvalue weighted by Gasteiger charge is -2.32. The highest BCUT2D eigenvalue weighted by molar-refractivity contribution is 6.32. The number of aryl methyl sites for hydroxylation is 1. The van der Waals surface area contributed by atoms with Crippen molar-refractivity contribution in [3.63, 3.8) is 0 Å². The molecule has 0 radical (unpaired) electrons. The molecule has 0 amide bonds. The summed E-state index contributed by atoms with van der Waals surface area (Å²) in [5, 5.41) is 13.5. The van der Waals surface area contributed by atoms with Crippen LogP contribution >= 0.6 is 11.6 Å². The molecule has 22 heavy (non-hydrogen) atoms. The van der Waals surface area contributed by atoms with Crippen molar-refractivity contribution in [2.45, 2.75) is 44.1 Å². The van der Waals surface area contributed by atoms with Gasteiger partial charge in [0.15, 0.2) is 0 Å². The number of halogens is 4. The van der Waals surface area contributed by atoms with Crippen molar-refractivity contribution < 1.29 is 23.0 Å². The number of hydrogen-bond acceptors (Lipinski definition) is 3. The molecule has 7 heteroatoms. The molecule has 0 saturated carbocycles. The van der Waals surface area contributed by atoms with Crippen LogP contribution in [-0.4, -0.2) is 30.2 Å². The smallest absolute Gasteiger partial charge is 0.404 e. The van der Waals surface area contributed by atoms with Crippen molar-refractivity contribution in [3.05, 3.63) is 28.8 Å². The quantitative estimate of drug-likeness (QED) is 0.861. The van der Waals surface area contributed by atoms with E-state index in [9.17, 15) is 18.3 Å². The summed E-state index contributed by atoms with van der Waals surface area (Å²) in [6.07, 6.45) is -1.60. The SMILES string of the molecule is OC1(CCCc2cccc(OC(F)(F)F)c2Cl)CCNCC1. The van der Waals surface area contributed by atoms with Gasteiger partial charge in [-0.15, -0.1) is 13.2 Å². The second kappa shape index (κ2) is 7.06. The highest BCUT2D eigenvalue weighted by atomic mass is 35.5. The van der Waals surface area contributed by atoms with Crippen molar-refractivity contribution in [3.8, 4) is 5.75 Å². The number of piperidine rings is 1. The Morgan fingerprint density at radius 2 is 1.95 bits per heavy atom. The minimum absolute atomic E-state index is 0.0166. The highest BCUT2D eigenvalue weighted by Crippen LogP contribution is 2.34. The lowest BCUT2D eigenvalue weighted by atomic mass is 9.87. The van der Waals surface area contributed by atoms with Gasteiger partial charge in [0, 0.05) is 0 Å². The van der Waals surface area contributed by atoms with Gasteiger partial charge in [-0.2, -0.15) is 0 Å². The fraction of sp³-hybridized carbons (Fsp3) is 0.600. The van der Waals surface area contributed by atoms with Crippen LogP contribution in [0.4, 0.5) is 13.2 Å². The monoisotopic (exact) mass is 337 g/mol. The van der Waals surface area contributed by atoms with Crippen LogP contribution in [-0.2, 0) is 6.42 Å². The molecule has 1 aliphatic rings. The Balaban J connectivity index is 1.94. The maximum absolute atomic E-state index is 12.3. The summed E-state index contributed by atoms with van der Waals surface area (Å²) in [5.41, 5.74) is -0.0846. The van der Waals surface area contributed by atoms with Gasteiger partial charge in [-0.3, -0.25) is 0 Å². The number of ether oxygens (including phenoxy) is 1. The van der Waals surface area contributed by atoms with Crippen LogP contribution in [0.3, 0.4) is 0 Å². The summed E-state index contributed by atoms with van der Waals surface area (Å²) in [5.74, 6) is -0.382. The van der Waals surface area contributed by atoms with E-state index in [0.29, 0.717) is 37.7 Å². The van der Waals surface area contributed by atoms with Gasteiger partial charge in [0.05, 0.1) is 10.6 Å². The van der Waals surface area contributed by atoms with Gasteiger partial charge >= 0.3 is 6.36 Å². The summed E-state index contributed by atoms with van der Waals surface area (Å²) in [6.45, 7) is 1.57. The predicted molar refractivity (Wildman–Crippen MR) is 78.1 cm³/mol. The third-order valence-electron chi connectivity index (χ3n) is 3.89. The van der Waals surface area contributed by atoms with Crippen molar-refractivity contribution in [1.82, 2.24) is 5.32 Å². The molecule has 0 atom stereocenters. The van der Waals surface area contributed by atoms with Gasteiger partial charge in [0.2, 0.25) is 0 Å². The molecule has 0 unspecified atom stereocenters. The fourth-order valence-electron chi connectivity index (χ4n) is 2.70. The first-order valence-electron chi connectivity index (χ1n) is 7.25. The first kappa shape index (κ1) is 17.4. The van der Waals surface area contributed by atoms with E-state index in [-0.39, 0.29) is 10.8 Å². The largest absolute Gasteiger partial charge is 0.573 e. The molecule has 1 heterocycles. The Labute approximate surface area is 132 Å². The Kier molecular flexibility index (Phi) is 5.58. The average molecular weight is 338 g/mol. The zero-order chi connectivity index (χ0) is 16.2. The maximum Gasteiger partial charge on any atom is 0.573 e. The fourth-order valence-corrected chi connectivity index (χ4v) is 2.96. The molecular formula is C15H19ClF3NO2. The van der Waals surface area contributed by atoms with Crippen LogP contribution in [0.1, 0.15) is 31.2 Å². The third-order valence-corrected chi connectivity index (χ3v) is 4.32. The summed E-state index contributed by atoms with van der Waals surface area (Å²) in [6, 6.07) is 4.36. The van der Waals surface area contributed by atoms with E-state index in [1.165, 1.54) is 12.1 Å². The van der Waals surface area contributed by atoms with E-state index in [1.54, 1.807) is 6.07 Å². The van der Waals surface area contributed by atoms with Crippen LogP contribution in [0.15, 0.2) is 18.2 Å². The number of nitrogens with one attached hydrogen (secondary N) is 1. The van der Waals surface area contributed by atoms with Crippen LogP contribution in [0.25, 0.3) is 0 Å². The van der Waals surface area contributed by atoms with E-state index < -0.39 is 12.0 Å². The summed E-state index contributed by atoms with van der Waals surface area (Å²) in [7, 11) is 0.